The van der Waals surface area contributed by atoms with Crippen LogP contribution < -0.4 is 10.1 Å². The van der Waals surface area contributed by atoms with E-state index in [1.54, 1.807) is 0 Å². The number of carbonyl (C=O) groups excluding carboxylic acids is 1. The van der Waals surface area contributed by atoms with Gasteiger partial charge in [0, 0.05) is 38.0 Å². The van der Waals surface area contributed by atoms with Crippen molar-refractivity contribution >= 4 is 5.91 Å². The fraction of sp³-hybridized carbons (Fsp3) is 0.696. The first kappa shape index (κ1) is 17.5. The SMILES string of the molecule is O=C(CC1CC2(CCN(CC3CC3)CC2)Oc2ccccc21)NC1CCC1. The second kappa shape index (κ2) is 7.12. The number of hydrogen-bond donors (Lipinski definition) is 1. The molecule has 4 heteroatoms. The number of amides is 1. The van der Waals surface area contributed by atoms with Gasteiger partial charge in [0.05, 0.1) is 0 Å². The molecule has 2 aliphatic carbocycles. The van der Waals surface area contributed by atoms with Gasteiger partial charge in [0.1, 0.15) is 11.4 Å². The number of benzene rings is 1. The van der Waals surface area contributed by atoms with Gasteiger partial charge in [-0.2, -0.15) is 0 Å². The second-order valence-electron chi connectivity index (χ2n) is 9.37. The molecule has 5 rings (SSSR count). The quantitative estimate of drug-likeness (QED) is 0.858. The minimum Gasteiger partial charge on any atom is -0.487 e. The number of piperidine rings is 1. The van der Waals surface area contributed by atoms with Gasteiger partial charge >= 0.3 is 0 Å². The van der Waals surface area contributed by atoms with Crippen LogP contribution in [0.3, 0.4) is 0 Å². The highest BCUT2D eigenvalue weighted by molar-refractivity contribution is 5.77. The van der Waals surface area contributed by atoms with E-state index in [9.17, 15) is 4.79 Å². The van der Waals surface area contributed by atoms with Gasteiger partial charge in [-0.1, -0.05) is 18.2 Å². The summed E-state index contributed by atoms with van der Waals surface area (Å²) in [5, 5.41) is 3.23. The van der Waals surface area contributed by atoms with Crippen molar-refractivity contribution in [1.82, 2.24) is 10.2 Å². The highest BCUT2D eigenvalue weighted by atomic mass is 16.5. The molecule has 1 aromatic rings. The molecule has 3 fully saturated rings. The van der Waals surface area contributed by atoms with Gasteiger partial charge in [0.25, 0.3) is 0 Å². The lowest BCUT2D eigenvalue weighted by atomic mass is 9.76. The average molecular weight is 369 g/mol. The highest BCUT2D eigenvalue weighted by Crippen LogP contribution is 2.47. The van der Waals surface area contributed by atoms with Crippen molar-refractivity contribution < 1.29 is 9.53 Å². The summed E-state index contributed by atoms with van der Waals surface area (Å²) >= 11 is 0. The number of ether oxygens (including phenoxy) is 1. The van der Waals surface area contributed by atoms with Crippen molar-refractivity contribution in [2.75, 3.05) is 19.6 Å². The van der Waals surface area contributed by atoms with Gasteiger partial charge < -0.3 is 15.0 Å². The number of nitrogens with zero attached hydrogens (tertiary/aromatic N) is 1. The Morgan fingerprint density at radius 2 is 1.93 bits per heavy atom. The standard InChI is InChI=1S/C23H32N2O2/c26-22(24-19-4-3-5-19)14-18-15-23(27-21-7-2-1-6-20(18)21)10-12-25(13-11-23)16-17-8-9-17/h1-2,6-7,17-19H,3-5,8-16H2,(H,24,26). The summed E-state index contributed by atoms with van der Waals surface area (Å²) < 4.78 is 6.60. The lowest BCUT2D eigenvalue weighted by Gasteiger charge is -2.47. The molecule has 2 aliphatic heterocycles. The summed E-state index contributed by atoms with van der Waals surface area (Å²) in [6, 6.07) is 8.82. The Morgan fingerprint density at radius 3 is 2.63 bits per heavy atom. The molecular weight excluding hydrogens is 336 g/mol. The predicted octanol–water partition coefficient (Wildman–Crippen LogP) is 3.86. The minimum absolute atomic E-state index is 0.0736. The fourth-order valence-electron chi connectivity index (χ4n) is 5.10. The number of carbonyl (C=O) groups is 1. The van der Waals surface area contributed by atoms with Crippen LogP contribution >= 0.6 is 0 Å². The zero-order valence-corrected chi connectivity index (χ0v) is 16.3. The predicted molar refractivity (Wildman–Crippen MR) is 106 cm³/mol. The Morgan fingerprint density at radius 1 is 1.15 bits per heavy atom. The normalized spacial score (nSPS) is 27.5. The van der Waals surface area contributed by atoms with E-state index in [4.69, 9.17) is 4.74 Å². The van der Waals surface area contributed by atoms with Gasteiger partial charge in [0.2, 0.25) is 5.91 Å². The molecule has 1 atom stereocenters. The Kier molecular flexibility index (Phi) is 4.63. The van der Waals surface area contributed by atoms with E-state index in [1.165, 1.54) is 31.4 Å². The molecule has 27 heavy (non-hydrogen) atoms. The van der Waals surface area contributed by atoms with Crippen LogP contribution in [-0.2, 0) is 4.79 Å². The average Bonchev–Trinajstić information content (AvgIpc) is 3.45. The third-order valence-electron chi connectivity index (χ3n) is 7.19. The van der Waals surface area contributed by atoms with Crippen LogP contribution in [-0.4, -0.2) is 42.1 Å². The third kappa shape index (κ3) is 3.87. The first-order valence-electron chi connectivity index (χ1n) is 11.0. The topological polar surface area (TPSA) is 41.6 Å². The Balaban J connectivity index is 1.28. The van der Waals surface area contributed by atoms with E-state index in [0.717, 1.165) is 56.9 Å². The Bertz CT molecular complexity index is 687. The summed E-state index contributed by atoms with van der Waals surface area (Å²) in [5.74, 6) is 2.48. The van der Waals surface area contributed by atoms with Crippen LogP contribution in [0, 0.1) is 5.92 Å². The summed E-state index contributed by atoms with van der Waals surface area (Å²) in [4.78, 5) is 15.2. The van der Waals surface area contributed by atoms with E-state index in [0.29, 0.717) is 12.5 Å². The molecule has 1 amide bonds. The highest BCUT2D eigenvalue weighted by Gasteiger charge is 2.44. The zero-order chi connectivity index (χ0) is 18.3. The van der Waals surface area contributed by atoms with E-state index in [2.05, 4.69) is 34.5 Å². The van der Waals surface area contributed by atoms with E-state index in [-0.39, 0.29) is 17.4 Å². The van der Waals surface area contributed by atoms with Crippen molar-refractivity contribution in [3.63, 3.8) is 0 Å². The monoisotopic (exact) mass is 368 g/mol. The van der Waals surface area contributed by atoms with Gasteiger partial charge in [0.15, 0.2) is 0 Å². The first-order valence-corrected chi connectivity index (χ1v) is 11.0. The first-order chi connectivity index (χ1) is 13.2. The van der Waals surface area contributed by atoms with Gasteiger partial charge in [-0.05, 0) is 68.9 Å². The van der Waals surface area contributed by atoms with E-state index < -0.39 is 0 Å². The second-order valence-corrected chi connectivity index (χ2v) is 9.37. The number of nitrogens with one attached hydrogen (secondary N) is 1. The van der Waals surface area contributed by atoms with Crippen molar-refractivity contribution in [3.05, 3.63) is 29.8 Å². The Labute approximate surface area is 162 Å². The zero-order valence-electron chi connectivity index (χ0n) is 16.3. The molecular formula is C23H32N2O2. The number of para-hydroxylation sites is 1. The summed E-state index contributed by atoms with van der Waals surface area (Å²) in [6.45, 7) is 3.55. The summed E-state index contributed by atoms with van der Waals surface area (Å²) in [6.07, 6.45) is 10.2. The fourth-order valence-corrected chi connectivity index (χ4v) is 5.10. The van der Waals surface area contributed by atoms with Crippen LogP contribution in [0.15, 0.2) is 24.3 Å². The van der Waals surface area contributed by atoms with Crippen molar-refractivity contribution in [3.8, 4) is 5.75 Å². The maximum atomic E-state index is 12.6. The summed E-state index contributed by atoms with van der Waals surface area (Å²) in [7, 11) is 0. The van der Waals surface area contributed by atoms with Crippen LogP contribution in [0.4, 0.5) is 0 Å². The lowest BCUT2D eigenvalue weighted by Crippen LogP contribution is -2.51. The molecule has 4 aliphatic rings. The molecule has 0 bridgehead atoms. The molecule has 4 nitrogen and oxygen atoms in total. The molecule has 0 radical (unpaired) electrons. The minimum atomic E-state index is -0.0736. The van der Waals surface area contributed by atoms with Crippen LogP contribution in [0.1, 0.15) is 69.3 Å². The van der Waals surface area contributed by atoms with Crippen LogP contribution in [0.25, 0.3) is 0 Å². The third-order valence-corrected chi connectivity index (χ3v) is 7.19. The lowest BCUT2D eigenvalue weighted by molar-refractivity contribution is -0.123. The smallest absolute Gasteiger partial charge is 0.220 e. The van der Waals surface area contributed by atoms with Gasteiger partial charge in [-0.15, -0.1) is 0 Å². The Hall–Kier alpha value is -1.55. The molecule has 1 unspecified atom stereocenters. The van der Waals surface area contributed by atoms with Crippen molar-refractivity contribution in [1.29, 1.82) is 0 Å². The van der Waals surface area contributed by atoms with Crippen molar-refractivity contribution in [2.24, 2.45) is 5.92 Å². The molecule has 2 heterocycles. The molecule has 0 aromatic heterocycles. The molecule has 1 saturated heterocycles. The van der Waals surface area contributed by atoms with Gasteiger partial charge in [-0.3, -0.25) is 4.79 Å². The number of hydrogen-bond acceptors (Lipinski definition) is 3. The molecule has 1 aromatic carbocycles. The summed E-state index contributed by atoms with van der Waals surface area (Å²) in [5.41, 5.74) is 1.16. The number of rotatable bonds is 5. The maximum Gasteiger partial charge on any atom is 0.220 e. The largest absolute Gasteiger partial charge is 0.487 e. The molecule has 1 spiro atoms. The van der Waals surface area contributed by atoms with E-state index in [1.807, 2.05) is 0 Å². The number of fused-ring (bicyclic) bond motifs is 1. The molecule has 146 valence electrons. The van der Waals surface area contributed by atoms with Crippen LogP contribution in [0.2, 0.25) is 0 Å². The maximum absolute atomic E-state index is 12.6. The molecule has 1 N–H and O–H groups in total. The number of likely N-dealkylation sites (tertiary alicyclic amines) is 1. The van der Waals surface area contributed by atoms with Crippen LogP contribution in [0.5, 0.6) is 5.75 Å². The van der Waals surface area contributed by atoms with Gasteiger partial charge in [-0.25, -0.2) is 0 Å². The molecule has 2 saturated carbocycles. The van der Waals surface area contributed by atoms with E-state index >= 15 is 0 Å². The van der Waals surface area contributed by atoms with Crippen molar-refractivity contribution in [2.45, 2.75) is 75.3 Å².